The SMILES string of the molecule is CC(C)(CC=O)CC(=O)NN1CCCCC1. The maximum absolute atomic E-state index is 11.7. The van der Waals surface area contributed by atoms with Gasteiger partial charge in [0.15, 0.2) is 0 Å². The predicted molar refractivity (Wildman–Crippen MR) is 62.6 cm³/mol. The molecule has 0 unspecified atom stereocenters. The molecule has 92 valence electrons. The Hall–Kier alpha value is -0.900. The molecule has 4 heteroatoms. The van der Waals surface area contributed by atoms with Crippen molar-refractivity contribution in [3.8, 4) is 0 Å². The van der Waals surface area contributed by atoms with Gasteiger partial charge in [0, 0.05) is 25.9 Å². The lowest BCUT2D eigenvalue weighted by Gasteiger charge is -2.29. The molecule has 1 fully saturated rings. The molecule has 1 aliphatic rings. The van der Waals surface area contributed by atoms with Crippen LogP contribution in [0.15, 0.2) is 0 Å². The predicted octanol–water partition coefficient (Wildman–Crippen LogP) is 1.51. The zero-order valence-corrected chi connectivity index (χ0v) is 10.3. The molecule has 0 saturated carbocycles. The average Bonchev–Trinajstić information content (AvgIpc) is 2.17. The molecule has 0 radical (unpaired) electrons. The molecule has 1 aliphatic heterocycles. The first kappa shape index (κ1) is 13.2. The summed E-state index contributed by atoms with van der Waals surface area (Å²) in [7, 11) is 0. The Morgan fingerprint density at radius 1 is 1.31 bits per heavy atom. The second-order valence-electron chi connectivity index (χ2n) is 5.29. The molecule has 1 rings (SSSR count). The highest BCUT2D eigenvalue weighted by Gasteiger charge is 2.23. The van der Waals surface area contributed by atoms with E-state index in [0.29, 0.717) is 12.8 Å². The molecule has 0 aromatic rings. The number of nitrogens with zero attached hydrogens (tertiary/aromatic N) is 1. The van der Waals surface area contributed by atoms with Crippen LogP contribution < -0.4 is 5.43 Å². The highest BCUT2D eigenvalue weighted by Crippen LogP contribution is 2.23. The quantitative estimate of drug-likeness (QED) is 0.723. The highest BCUT2D eigenvalue weighted by atomic mass is 16.2. The van der Waals surface area contributed by atoms with Gasteiger partial charge in [-0.15, -0.1) is 0 Å². The Morgan fingerprint density at radius 3 is 2.50 bits per heavy atom. The number of hydrogen-bond acceptors (Lipinski definition) is 3. The lowest BCUT2D eigenvalue weighted by atomic mass is 9.86. The van der Waals surface area contributed by atoms with Crippen LogP contribution in [0.2, 0.25) is 0 Å². The number of aldehydes is 1. The molecular weight excluding hydrogens is 204 g/mol. The normalized spacial score (nSPS) is 18.1. The number of rotatable bonds is 5. The first-order valence-corrected chi connectivity index (χ1v) is 6.01. The zero-order valence-electron chi connectivity index (χ0n) is 10.3. The van der Waals surface area contributed by atoms with E-state index in [1.807, 2.05) is 18.9 Å². The number of amides is 1. The van der Waals surface area contributed by atoms with Crippen molar-refractivity contribution >= 4 is 12.2 Å². The highest BCUT2D eigenvalue weighted by molar-refractivity contribution is 5.76. The lowest BCUT2D eigenvalue weighted by molar-refractivity contribution is -0.128. The molecule has 0 aromatic carbocycles. The van der Waals surface area contributed by atoms with E-state index in [-0.39, 0.29) is 11.3 Å². The van der Waals surface area contributed by atoms with Gasteiger partial charge in [-0.25, -0.2) is 5.01 Å². The van der Waals surface area contributed by atoms with Gasteiger partial charge in [0.2, 0.25) is 5.91 Å². The van der Waals surface area contributed by atoms with E-state index in [4.69, 9.17) is 0 Å². The van der Waals surface area contributed by atoms with Crippen molar-refractivity contribution < 1.29 is 9.59 Å². The minimum atomic E-state index is -0.235. The van der Waals surface area contributed by atoms with Crippen LogP contribution in [0.5, 0.6) is 0 Å². The fourth-order valence-electron chi connectivity index (χ4n) is 1.95. The van der Waals surface area contributed by atoms with Crippen LogP contribution in [0.3, 0.4) is 0 Å². The van der Waals surface area contributed by atoms with E-state index in [9.17, 15) is 9.59 Å². The number of hydrogen-bond donors (Lipinski definition) is 1. The summed E-state index contributed by atoms with van der Waals surface area (Å²) in [4.78, 5) is 22.2. The van der Waals surface area contributed by atoms with Crippen LogP contribution in [0, 0.1) is 5.41 Å². The second-order valence-corrected chi connectivity index (χ2v) is 5.29. The van der Waals surface area contributed by atoms with Crippen LogP contribution in [0.4, 0.5) is 0 Å². The summed E-state index contributed by atoms with van der Waals surface area (Å²) >= 11 is 0. The van der Waals surface area contributed by atoms with E-state index in [0.717, 1.165) is 32.2 Å². The van der Waals surface area contributed by atoms with Crippen LogP contribution in [-0.4, -0.2) is 30.3 Å². The lowest BCUT2D eigenvalue weighted by Crippen LogP contribution is -2.46. The molecule has 1 heterocycles. The molecule has 0 aliphatic carbocycles. The molecule has 1 saturated heterocycles. The van der Waals surface area contributed by atoms with Crippen molar-refractivity contribution in [1.29, 1.82) is 0 Å². The Morgan fingerprint density at radius 2 is 1.94 bits per heavy atom. The molecule has 0 spiro atoms. The maximum atomic E-state index is 11.7. The molecule has 0 bridgehead atoms. The molecule has 4 nitrogen and oxygen atoms in total. The monoisotopic (exact) mass is 226 g/mol. The van der Waals surface area contributed by atoms with E-state index >= 15 is 0 Å². The molecule has 1 N–H and O–H groups in total. The van der Waals surface area contributed by atoms with Gasteiger partial charge in [-0.2, -0.15) is 0 Å². The van der Waals surface area contributed by atoms with Crippen LogP contribution in [0.1, 0.15) is 46.0 Å². The van der Waals surface area contributed by atoms with Crippen molar-refractivity contribution in [3.05, 3.63) is 0 Å². The van der Waals surface area contributed by atoms with E-state index in [2.05, 4.69) is 5.43 Å². The summed E-state index contributed by atoms with van der Waals surface area (Å²) in [6.45, 7) is 5.77. The summed E-state index contributed by atoms with van der Waals surface area (Å²) in [6.07, 6.45) is 5.27. The Labute approximate surface area is 97.4 Å². The van der Waals surface area contributed by atoms with Gasteiger partial charge in [0.05, 0.1) is 0 Å². The summed E-state index contributed by atoms with van der Waals surface area (Å²) in [5.41, 5.74) is 2.68. The van der Waals surface area contributed by atoms with E-state index in [1.54, 1.807) is 0 Å². The Bertz CT molecular complexity index is 245. The van der Waals surface area contributed by atoms with Crippen molar-refractivity contribution in [1.82, 2.24) is 10.4 Å². The summed E-state index contributed by atoms with van der Waals surface area (Å²) in [5, 5.41) is 1.99. The van der Waals surface area contributed by atoms with Crippen molar-refractivity contribution in [2.45, 2.75) is 46.0 Å². The topological polar surface area (TPSA) is 49.4 Å². The van der Waals surface area contributed by atoms with Gasteiger partial charge < -0.3 is 4.79 Å². The average molecular weight is 226 g/mol. The molecule has 0 aromatic heterocycles. The molecule has 0 atom stereocenters. The number of carbonyl (C=O) groups is 2. The first-order chi connectivity index (χ1) is 7.53. The third kappa shape index (κ3) is 4.75. The van der Waals surface area contributed by atoms with Gasteiger partial charge >= 0.3 is 0 Å². The summed E-state index contributed by atoms with van der Waals surface area (Å²) < 4.78 is 0. The molecular formula is C12H22N2O2. The third-order valence-corrected chi connectivity index (χ3v) is 2.91. The largest absolute Gasteiger partial charge is 0.303 e. The fraction of sp³-hybridized carbons (Fsp3) is 0.833. The zero-order chi connectivity index (χ0) is 12.0. The van der Waals surface area contributed by atoms with Crippen LogP contribution in [-0.2, 0) is 9.59 Å². The van der Waals surface area contributed by atoms with Gasteiger partial charge in [-0.05, 0) is 18.3 Å². The number of nitrogens with one attached hydrogen (secondary N) is 1. The second kappa shape index (κ2) is 5.99. The van der Waals surface area contributed by atoms with Gasteiger partial charge in [-0.3, -0.25) is 10.2 Å². The smallest absolute Gasteiger partial charge is 0.234 e. The maximum Gasteiger partial charge on any atom is 0.234 e. The Balaban J connectivity index is 2.31. The number of carbonyl (C=O) groups excluding carboxylic acids is 2. The van der Waals surface area contributed by atoms with Crippen molar-refractivity contribution in [3.63, 3.8) is 0 Å². The molecule has 1 amide bonds. The van der Waals surface area contributed by atoms with Gasteiger partial charge in [-0.1, -0.05) is 20.3 Å². The molecule has 16 heavy (non-hydrogen) atoms. The third-order valence-electron chi connectivity index (χ3n) is 2.91. The van der Waals surface area contributed by atoms with E-state index < -0.39 is 0 Å². The number of piperidine rings is 1. The summed E-state index contributed by atoms with van der Waals surface area (Å²) in [5.74, 6) is 0.0220. The number of hydrazine groups is 1. The van der Waals surface area contributed by atoms with Crippen molar-refractivity contribution in [2.24, 2.45) is 5.41 Å². The van der Waals surface area contributed by atoms with Gasteiger partial charge in [0.1, 0.15) is 6.29 Å². The Kier molecular flexibility index (Phi) is 4.93. The minimum absolute atomic E-state index is 0.0220. The standard InChI is InChI=1S/C12H22N2O2/c1-12(2,6-9-15)10-11(16)13-14-7-4-3-5-8-14/h9H,3-8,10H2,1-2H3,(H,13,16). The first-order valence-electron chi connectivity index (χ1n) is 6.01. The van der Waals surface area contributed by atoms with E-state index in [1.165, 1.54) is 6.42 Å². The summed E-state index contributed by atoms with van der Waals surface area (Å²) in [6, 6.07) is 0. The van der Waals surface area contributed by atoms with Crippen LogP contribution in [0.25, 0.3) is 0 Å². The van der Waals surface area contributed by atoms with Crippen molar-refractivity contribution in [2.75, 3.05) is 13.1 Å². The van der Waals surface area contributed by atoms with Crippen LogP contribution >= 0.6 is 0 Å². The minimum Gasteiger partial charge on any atom is -0.303 e. The van der Waals surface area contributed by atoms with Gasteiger partial charge in [0.25, 0.3) is 0 Å². The fourth-order valence-corrected chi connectivity index (χ4v) is 1.95.